The van der Waals surface area contributed by atoms with Crippen molar-refractivity contribution in [1.29, 1.82) is 0 Å². The molecular formula is C12H12ClFN2O3. The van der Waals surface area contributed by atoms with Crippen LogP contribution in [0.2, 0.25) is 0 Å². The maximum Gasteiger partial charge on any atom is 0.285 e. The molecule has 0 atom stereocenters. The Bertz CT molecular complexity index is 526. The maximum absolute atomic E-state index is 13.0. The molecule has 2 rings (SSSR count). The summed E-state index contributed by atoms with van der Waals surface area (Å²) >= 11 is 5.81. The Morgan fingerprint density at radius 2 is 2.21 bits per heavy atom. The lowest BCUT2D eigenvalue weighted by Crippen LogP contribution is -2.55. The number of rotatable bonds is 4. The minimum absolute atomic E-state index is 0.150. The molecule has 1 aliphatic rings. The predicted octanol–water partition coefficient (Wildman–Crippen LogP) is 2.63. The molecule has 0 bridgehead atoms. The van der Waals surface area contributed by atoms with Gasteiger partial charge in [-0.15, -0.1) is 11.6 Å². The van der Waals surface area contributed by atoms with Gasteiger partial charge in [-0.3, -0.25) is 14.9 Å². The summed E-state index contributed by atoms with van der Waals surface area (Å²) in [6.07, 6.45) is 2.45. The van der Waals surface area contributed by atoms with Gasteiger partial charge in [0, 0.05) is 5.88 Å². The predicted molar refractivity (Wildman–Crippen MR) is 67.8 cm³/mol. The average Bonchev–Trinajstić information content (AvgIpc) is 2.33. The molecule has 5 nitrogen and oxygen atoms in total. The Morgan fingerprint density at radius 3 is 2.68 bits per heavy atom. The third kappa shape index (κ3) is 2.68. The molecular weight excluding hydrogens is 275 g/mol. The monoisotopic (exact) mass is 286 g/mol. The van der Waals surface area contributed by atoms with E-state index in [1.165, 1.54) is 0 Å². The Balaban J connectivity index is 2.26. The molecule has 7 heteroatoms. The van der Waals surface area contributed by atoms with E-state index in [-0.39, 0.29) is 11.4 Å². The second-order valence-corrected chi connectivity index (χ2v) is 4.91. The number of nitro groups is 1. The van der Waals surface area contributed by atoms with Crippen LogP contribution in [0.5, 0.6) is 0 Å². The Morgan fingerprint density at radius 1 is 1.53 bits per heavy atom. The second kappa shape index (κ2) is 5.13. The van der Waals surface area contributed by atoms with E-state index in [0.717, 1.165) is 37.5 Å². The van der Waals surface area contributed by atoms with Crippen LogP contribution in [0, 0.1) is 15.9 Å². The van der Waals surface area contributed by atoms with Gasteiger partial charge in [0.1, 0.15) is 11.4 Å². The zero-order valence-corrected chi connectivity index (χ0v) is 10.7. The molecule has 19 heavy (non-hydrogen) atoms. The Labute approximate surface area is 113 Å². The number of alkyl halides is 1. The highest BCUT2D eigenvalue weighted by molar-refractivity contribution is 6.19. The molecule has 0 heterocycles. The van der Waals surface area contributed by atoms with E-state index in [9.17, 15) is 19.3 Å². The molecule has 1 fully saturated rings. The first-order chi connectivity index (χ1) is 8.97. The summed E-state index contributed by atoms with van der Waals surface area (Å²) in [5, 5.41) is 13.5. The van der Waals surface area contributed by atoms with Crippen molar-refractivity contribution in [3.05, 3.63) is 39.7 Å². The molecule has 0 radical (unpaired) electrons. The quantitative estimate of drug-likeness (QED) is 0.525. The highest BCUT2D eigenvalue weighted by Gasteiger charge is 2.38. The molecule has 102 valence electrons. The van der Waals surface area contributed by atoms with E-state index >= 15 is 0 Å². The van der Waals surface area contributed by atoms with Crippen LogP contribution in [0.4, 0.5) is 10.1 Å². The van der Waals surface area contributed by atoms with Gasteiger partial charge in [-0.1, -0.05) is 0 Å². The molecule has 1 saturated carbocycles. The number of amides is 1. The van der Waals surface area contributed by atoms with E-state index in [2.05, 4.69) is 5.32 Å². The lowest BCUT2D eigenvalue weighted by atomic mass is 9.78. The van der Waals surface area contributed by atoms with Gasteiger partial charge in [-0.05, 0) is 31.4 Å². The van der Waals surface area contributed by atoms with Gasteiger partial charge in [0.05, 0.1) is 16.5 Å². The van der Waals surface area contributed by atoms with Crippen molar-refractivity contribution in [3.63, 3.8) is 0 Å². The first-order valence-electron chi connectivity index (χ1n) is 5.80. The van der Waals surface area contributed by atoms with Crippen molar-refractivity contribution in [2.24, 2.45) is 0 Å². The molecule has 1 N–H and O–H groups in total. The summed E-state index contributed by atoms with van der Waals surface area (Å²) in [5.41, 5.74) is -1.18. The molecule has 0 spiro atoms. The lowest BCUT2D eigenvalue weighted by Gasteiger charge is -2.40. The van der Waals surface area contributed by atoms with Crippen molar-refractivity contribution >= 4 is 23.2 Å². The fourth-order valence-electron chi connectivity index (χ4n) is 2.05. The normalized spacial score (nSPS) is 16.5. The van der Waals surface area contributed by atoms with Crippen LogP contribution in [0.15, 0.2) is 18.2 Å². The molecule has 0 unspecified atom stereocenters. The van der Waals surface area contributed by atoms with Gasteiger partial charge in [0.25, 0.3) is 11.6 Å². The summed E-state index contributed by atoms with van der Waals surface area (Å²) in [6, 6.07) is 2.88. The van der Waals surface area contributed by atoms with E-state index in [4.69, 9.17) is 11.6 Å². The van der Waals surface area contributed by atoms with Crippen molar-refractivity contribution < 1.29 is 14.1 Å². The number of hydrogen-bond acceptors (Lipinski definition) is 3. The van der Waals surface area contributed by atoms with Crippen LogP contribution >= 0.6 is 11.6 Å². The van der Waals surface area contributed by atoms with Crippen LogP contribution < -0.4 is 5.32 Å². The first-order valence-corrected chi connectivity index (χ1v) is 6.33. The highest BCUT2D eigenvalue weighted by atomic mass is 35.5. The van der Waals surface area contributed by atoms with Crippen molar-refractivity contribution in [1.82, 2.24) is 5.32 Å². The summed E-state index contributed by atoms with van der Waals surface area (Å²) in [5.74, 6) is -1.08. The van der Waals surface area contributed by atoms with Gasteiger partial charge < -0.3 is 5.32 Å². The molecule has 1 aliphatic carbocycles. The van der Waals surface area contributed by atoms with E-state index < -0.39 is 27.9 Å². The topological polar surface area (TPSA) is 72.2 Å². The van der Waals surface area contributed by atoms with Gasteiger partial charge in [0.15, 0.2) is 0 Å². The third-order valence-electron chi connectivity index (χ3n) is 3.35. The van der Waals surface area contributed by atoms with Gasteiger partial charge in [-0.25, -0.2) is 4.39 Å². The molecule has 0 aliphatic heterocycles. The fraction of sp³-hybridized carbons (Fsp3) is 0.417. The van der Waals surface area contributed by atoms with Crippen molar-refractivity contribution in [2.75, 3.05) is 5.88 Å². The maximum atomic E-state index is 13.0. The van der Waals surface area contributed by atoms with Crippen LogP contribution in [0.25, 0.3) is 0 Å². The van der Waals surface area contributed by atoms with Crippen molar-refractivity contribution in [2.45, 2.75) is 24.8 Å². The number of hydrogen-bond donors (Lipinski definition) is 1. The first kappa shape index (κ1) is 13.7. The highest BCUT2D eigenvalue weighted by Crippen LogP contribution is 2.33. The average molecular weight is 287 g/mol. The third-order valence-corrected chi connectivity index (χ3v) is 3.86. The van der Waals surface area contributed by atoms with E-state index in [0.29, 0.717) is 0 Å². The molecule has 1 aromatic carbocycles. The summed E-state index contributed by atoms with van der Waals surface area (Å²) < 4.78 is 13.0. The molecule has 1 aromatic rings. The fourth-order valence-corrected chi connectivity index (χ4v) is 2.39. The van der Waals surface area contributed by atoms with Crippen LogP contribution in [-0.4, -0.2) is 22.2 Å². The second-order valence-electron chi connectivity index (χ2n) is 4.64. The van der Waals surface area contributed by atoms with Crippen LogP contribution in [0.3, 0.4) is 0 Å². The van der Waals surface area contributed by atoms with Crippen molar-refractivity contribution in [3.8, 4) is 0 Å². The standard InChI is InChI=1S/C12H12ClFN2O3/c13-7-12(4-1-5-12)15-11(17)9-3-2-8(14)6-10(9)16(18)19/h2-3,6H,1,4-5,7H2,(H,15,17). The number of nitrogens with one attached hydrogen (secondary N) is 1. The largest absolute Gasteiger partial charge is 0.345 e. The minimum Gasteiger partial charge on any atom is -0.345 e. The number of benzene rings is 1. The number of carbonyl (C=O) groups is 1. The Hall–Kier alpha value is -1.69. The minimum atomic E-state index is -0.772. The van der Waals surface area contributed by atoms with Gasteiger partial charge >= 0.3 is 0 Å². The van der Waals surface area contributed by atoms with Gasteiger partial charge in [-0.2, -0.15) is 0 Å². The lowest BCUT2D eigenvalue weighted by molar-refractivity contribution is -0.385. The van der Waals surface area contributed by atoms with Crippen LogP contribution in [0.1, 0.15) is 29.6 Å². The number of nitro benzene ring substituents is 1. The number of halogens is 2. The molecule has 0 aromatic heterocycles. The van der Waals surface area contributed by atoms with Crippen LogP contribution in [-0.2, 0) is 0 Å². The zero-order valence-electron chi connectivity index (χ0n) is 9.99. The molecule has 1 amide bonds. The number of nitrogens with zero attached hydrogens (tertiary/aromatic N) is 1. The SMILES string of the molecule is O=C(NC1(CCl)CCC1)c1ccc(F)cc1[N+](=O)[O-]. The van der Waals surface area contributed by atoms with E-state index in [1.54, 1.807) is 0 Å². The molecule has 0 saturated heterocycles. The zero-order chi connectivity index (χ0) is 14.0. The summed E-state index contributed by atoms with van der Waals surface area (Å²) in [7, 11) is 0. The van der Waals surface area contributed by atoms with Gasteiger partial charge in [0.2, 0.25) is 0 Å². The summed E-state index contributed by atoms with van der Waals surface area (Å²) in [4.78, 5) is 22.1. The summed E-state index contributed by atoms with van der Waals surface area (Å²) in [6.45, 7) is 0. The smallest absolute Gasteiger partial charge is 0.285 e. The number of carbonyl (C=O) groups excluding carboxylic acids is 1. The van der Waals surface area contributed by atoms with E-state index in [1.807, 2.05) is 0 Å². The Kier molecular flexibility index (Phi) is 3.71.